The largest absolute Gasteiger partial charge is 0.391 e. The van der Waals surface area contributed by atoms with Gasteiger partial charge in [-0.05, 0) is 123 Å². The number of benzene rings is 3. The van der Waals surface area contributed by atoms with Crippen molar-refractivity contribution in [1.82, 2.24) is 45.4 Å². The Morgan fingerprint density at radius 3 is 2.22 bits per heavy atom. The number of likely N-dealkylation sites (tertiary alicyclic amines) is 1. The van der Waals surface area contributed by atoms with Gasteiger partial charge in [-0.25, -0.2) is 19.9 Å². The summed E-state index contributed by atoms with van der Waals surface area (Å²) in [7, 11) is 0. The number of aromatic nitrogens is 5. The van der Waals surface area contributed by atoms with Crippen molar-refractivity contribution >= 4 is 51.9 Å². The fraction of sp³-hybridized carbons (Fsp3) is 0.438. The summed E-state index contributed by atoms with van der Waals surface area (Å²) >= 11 is 1.58. The number of anilines is 1. The van der Waals surface area contributed by atoms with Gasteiger partial charge in [-0.3, -0.25) is 23.7 Å². The van der Waals surface area contributed by atoms with E-state index in [4.69, 9.17) is 21.4 Å². The normalized spacial score (nSPS) is 16.7. The Bertz CT molecular complexity index is 3310. The number of thiazole rings is 1. The molecule has 9 rings (SSSR count). The smallest absolute Gasteiger partial charge is 0.246 e. The van der Waals surface area contributed by atoms with Crippen LogP contribution in [-0.4, -0.2) is 89.4 Å². The van der Waals surface area contributed by atoms with E-state index in [0.717, 1.165) is 125 Å². The lowest BCUT2D eigenvalue weighted by molar-refractivity contribution is -0.144. The van der Waals surface area contributed by atoms with Crippen molar-refractivity contribution in [3.8, 4) is 38.8 Å². The Balaban J connectivity index is 0.669. The van der Waals surface area contributed by atoms with E-state index in [0.29, 0.717) is 49.5 Å². The third kappa shape index (κ3) is 14.2. The van der Waals surface area contributed by atoms with Crippen LogP contribution in [0.25, 0.3) is 49.9 Å². The van der Waals surface area contributed by atoms with Gasteiger partial charge in [0, 0.05) is 55.3 Å². The van der Waals surface area contributed by atoms with Crippen LogP contribution in [0.15, 0.2) is 109 Å². The highest BCUT2D eigenvalue weighted by molar-refractivity contribution is 7.13. The quantitative estimate of drug-likeness (QED) is 0.0311. The maximum atomic E-state index is 14.1. The van der Waals surface area contributed by atoms with Gasteiger partial charge in [0.05, 0.1) is 39.5 Å². The summed E-state index contributed by atoms with van der Waals surface area (Å²) in [6.07, 6.45) is 13.1. The number of carbonyl (C=O) groups is 4. The molecular formula is C64H79N11O5S. The Kier molecular flexibility index (Phi) is 18.8. The van der Waals surface area contributed by atoms with Gasteiger partial charge in [0.1, 0.15) is 23.4 Å². The van der Waals surface area contributed by atoms with Crippen molar-refractivity contribution in [2.75, 3.05) is 18.8 Å². The summed E-state index contributed by atoms with van der Waals surface area (Å²) in [4.78, 5) is 75.5. The Morgan fingerprint density at radius 2 is 1.54 bits per heavy atom. The molecule has 7 aromatic rings. The molecule has 2 fully saturated rings. The van der Waals surface area contributed by atoms with Crippen molar-refractivity contribution in [2.45, 2.75) is 161 Å². The molecule has 4 atom stereocenters. The standard InChI is InChI=1S/C64H79N11O5S/c1-41(44-22-24-45(25-23-44)56-42(2)69-40-81-56)70-61(79)53-38-49(76)39-74(53)62(80)57(63(3,4)5)73-55(78)20-12-10-8-6-7-9-11-13-35-67-54(77)32-21-43-17-14-18-46(37-43)51-30-31-52-60(71-51)75(59(72-52)50-19-15-36-68-58(50)65)48-28-26-47(27-29-48)64(66)33-16-34-64/h14-15,17-19,22-31,36-37,40-41,49,53,57,76H,6-13,16,20-21,32-35,38-39,66H2,1-5H3,(H2,65,68)(H,67,77)(H,70,79)(H,73,78)/t41-,49+,53-,57+/m0/s1. The van der Waals surface area contributed by atoms with Gasteiger partial charge in [-0.15, -0.1) is 11.3 Å². The minimum absolute atomic E-state index is 0.0240. The minimum atomic E-state index is -0.863. The molecule has 1 saturated carbocycles. The second kappa shape index (κ2) is 26.1. The van der Waals surface area contributed by atoms with E-state index in [-0.39, 0.29) is 48.2 Å². The Morgan fingerprint density at radius 1 is 0.815 bits per heavy atom. The minimum Gasteiger partial charge on any atom is -0.391 e. The van der Waals surface area contributed by atoms with Gasteiger partial charge in [0.25, 0.3) is 0 Å². The molecule has 1 aliphatic heterocycles. The first-order chi connectivity index (χ1) is 39.0. The summed E-state index contributed by atoms with van der Waals surface area (Å²) in [6.45, 7) is 10.2. The number of carbonyl (C=O) groups excluding carboxylic acids is 4. The molecule has 8 N–H and O–H groups in total. The number of nitrogen functional groups attached to an aromatic ring is 1. The molecule has 1 aliphatic carbocycles. The number of fused-ring (bicyclic) bond motifs is 1. The third-order valence-electron chi connectivity index (χ3n) is 16.1. The zero-order chi connectivity index (χ0) is 57.3. The first-order valence-corrected chi connectivity index (χ1v) is 29.8. The maximum Gasteiger partial charge on any atom is 0.246 e. The number of hydrogen-bond acceptors (Lipinski definition) is 12. The van der Waals surface area contributed by atoms with E-state index in [1.807, 2.05) is 111 Å². The molecule has 5 heterocycles. The van der Waals surface area contributed by atoms with E-state index in [1.165, 1.54) is 4.90 Å². The zero-order valence-corrected chi connectivity index (χ0v) is 48.4. The highest BCUT2D eigenvalue weighted by Crippen LogP contribution is 2.40. The number of imidazole rings is 1. The predicted octanol–water partition coefficient (Wildman–Crippen LogP) is 10.4. The van der Waals surface area contributed by atoms with Gasteiger partial charge in [0.15, 0.2) is 11.5 Å². The van der Waals surface area contributed by atoms with Crippen molar-refractivity contribution < 1.29 is 24.3 Å². The summed E-state index contributed by atoms with van der Waals surface area (Å²) in [6, 6.07) is 30.3. The molecular weight excluding hydrogens is 1030 g/mol. The molecule has 3 aromatic carbocycles. The average molecular weight is 1110 g/mol. The molecule has 1 saturated heterocycles. The van der Waals surface area contributed by atoms with Crippen LogP contribution in [0.4, 0.5) is 5.82 Å². The van der Waals surface area contributed by atoms with Crippen LogP contribution < -0.4 is 27.4 Å². The van der Waals surface area contributed by atoms with E-state index < -0.39 is 23.6 Å². The van der Waals surface area contributed by atoms with Crippen LogP contribution in [0, 0.1) is 12.3 Å². The van der Waals surface area contributed by atoms with Crippen molar-refractivity contribution in [2.24, 2.45) is 11.1 Å². The molecule has 4 amide bonds. The molecule has 0 bridgehead atoms. The molecule has 2 aliphatic rings. The number of amides is 4. The summed E-state index contributed by atoms with van der Waals surface area (Å²) in [5.74, 6) is 0.175. The number of rotatable bonds is 24. The molecule has 81 heavy (non-hydrogen) atoms. The third-order valence-corrected chi connectivity index (χ3v) is 17.1. The second-order valence-corrected chi connectivity index (χ2v) is 24.2. The maximum absolute atomic E-state index is 14.1. The summed E-state index contributed by atoms with van der Waals surface area (Å²) in [5.41, 5.74) is 23.9. The van der Waals surface area contributed by atoms with Gasteiger partial charge in [-0.2, -0.15) is 0 Å². The summed E-state index contributed by atoms with van der Waals surface area (Å²) in [5, 5.41) is 19.8. The second-order valence-electron chi connectivity index (χ2n) is 23.3. The molecule has 17 heteroatoms. The zero-order valence-electron chi connectivity index (χ0n) is 47.5. The van der Waals surface area contributed by atoms with Gasteiger partial charge < -0.3 is 37.4 Å². The van der Waals surface area contributed by atoms with Crippen LogP contribution in [0.5, 0.6) is 0 Å². The van der Waals surface area contributed by atoms with Crippen LogP contribution in [0.3, 0.4) is 0 Å². The number of nitrogens with two attached hydrogens (primary N) is 2. The van der Waals surface area contributed by atoms with Crippen LogP contribution in [0.2, 0.25) is 0 Å². The first-order valence-electron chi connectivity index (χ1n) is 28.9. The molecule has 4 aromatic heterocycles. The number of nitrogens with one attached hydrogen (secondary N) is 3. The number of hydrogen-bond donors (Lipinski definition) is 6. The fourth-order valence-corrected chi connectivity index (χ4v) is 11.9. The Hall–Kier alpha value is -7.34. The number of pyridine rings is 2. The Labute approximate surface area is 480 Å². The predicted molar refractivity (Wildman–Crippen MR) is 321 cm³/mol. The van der Waals surface area contributed by atoms with Crippen LogP contribution in [0.1, 0.15) is 146 Å². The van der Waals surface area contributed by atoms with Crippen molar-refractivity contribution in [3.05, 3.63) is 131 Å². The number of unbranched alkanes of at least 4 members (excludes halogenated alkanes) is 7. The fourth-order valence-electron chi connectivity index (χ4n) is 11.1. The molecule has 16 nitrogen and oxygen atoms in total. The summed E-state index contributed by atoms with van der Waals surface area (Å²) < 4.78 is 2.04. The highest BCUT2D eigenvalue weighted by Gasteiger charge is 2.45. The van der Waals surface area contributed by atoms with E-state index in [1.54, 1.807) is 17.5 Å². The van der Waals surface area contributed by atoms with Gasteiger partial charge in [0.2, 0.25) is 23.6 Å². The van der Waals surface area contributed by atoms with Crippen LogP contribution >= 0.6 is 11.3 Å². The van der Waals surface area contributed by atoms with Crippen molar-refractivity contribution in [1.29, 1.82) is 0 Å². The molecule has 0 spiro atoms. The number of β-amino-alcohol motifs (C(OH)–C–C–N with tert-alkyl or cyclic N) is 1. The van der Waals surface area contributed by atoms with Gasteiger partial charge >= 0.3 is 0 Å². The van der Waals surface area contributed by atoms with Crippen molar-refractivity contribution in [3.63, 3.8) is 0 Å². The van der Waals surface area contributed by atoms with Crippen LogP contribution in [-0.2, 0) is 31.1 Å². The van der Waals surface area contributed by atoms with E-state index >= 15 is 0 Å². The molecule has 0 radical (unpaired) electrons. The molecule has 0 unspecified atom stereocenters. The first kappa shape index (κ1) is 58.3. The molecule has 426 valence electrons. The lowest BCUT2D eigenvalue weighted by atomic mass is 9.73. The van der Waals surface area contributed by atoms with Gasteiger partial charge in [-0.1, -0.05) is 114 Å². The van der Waals surface area contributed by atoms with E-state index in [9.17, 15) is 24.3 Å². The number of aliphatic hydroxyl groups is 1. The SMILES string of the molecule is Cc1ncsc1-c1ccc([C@H](C)NC(=O)[C@@H]2C[C@@H](O)CN2C(=O)[C@@H](NC(=O)CCCCCCCCCCNC(=O)CCc2cccc(-c3ccc4nc(-c5cccnc5N)n(-c5ccc(C6(N)CCC6)cc5)c4n3)c2)C(C)(C)C)cc1. The lowest BCUT2D eigenvalue weighted by Crippen LogP contribution is -2.57. The monoisotopic (exact) mass is 1110 g/mol. The lowest BCUT2D eigenvalue weighted by Gasteiger charge is -2.38. The number of aliphatic hydroxyl groups excluding tert-OH is 1. The topological polar surface area (TPSA) is 236 Å². The number of aryl methyl sites for hydroxylation is 2. The number of nitrogens with zero attached hydrogens (tertiary/aromatic N) is 6. The average Bonchev–Trinajstić information content (AvgIpc) is 3.83. The highest BCUT2D eigenvalue weighted by atomic mass is 32.1. The van der Waals surface area contributed by atoms with E-state index in [2.05, 4.69) is 56.3 Å².